The van der Waals surface area contributed by atoms with Crippen molar-refractivity contribution in [1.29, 1.82) is 0 Å². The maximum absolute atomic E-state index is 12.9. The zero-order valence-corrected chi connectivity index (χ0v) is 15.3. The molecular weight excluding hydrogens is 365 g/mol. The van der Waals surface area contributed by atoms with E-state index in [1.165, 1.54) is 36.0 Å². The summed E-state index contributed by atoms with van der Waals surface area (Å²) in [5.74, 6) is -0.564. The predicted molar refractivity (Wildman–Crippen MR) is 97.9 cm³/mol. The Balaban J connectivity index is 2.14. The largest absolute Gasteiger partial charge is 0.376 e. The van der Waals surface area contributed by atoms with E-state index in [1.807, 2.05) is 0 Å². The van der Waals surface area contributed by atoms with Crippen molar-refractivity contribution < 1.29 is 17.6 Å². The van der Waals surface area contributed by atoms with Crippen molar-refractivity contribution in [2.45, 2.75) is 9.79 Å². The normalized spacial score (nSPS) is 11.2. The van der Waals surface area contributed by atoms with Gasteiger partial charge in [-0.05, 0) is 42.5 Å². The van der Waals surface area contributed by atoms with Crippen LogP contribution in [0.4, 0.5) is 15.8 Å². The summed E-state index contributed by atoms with van der Waals surface area (Å²) in [6.07, 6.45) is 0. The number of halogens is 1. The fourth-order valence-corrected chi connectivity index (χ4v) is 3.29. The molecule has 0 heterocycles. The van der Waals surface area contributed by atoms with Gasteiger partial charge in [-0.25, -0.2) is 17.9 Å². The number of primary sulfonamides is 1. The van der Waals surface area contributed by atoms with Crippen LogP contribution in [0.5, 0.6) is 0 Å². The van der Waals surface area contributed by atoms with Crippen LogP contribution in [0.1, 0.15) is 0 Å². The summed E-state index contributed by atoms with van der Waals surface area (Å²) in [4.78, 5) is 14.6. The molecule has 0 aliphatic carbocycles. The van der Waals surface area contributed by atoms with Gasteiger partial charge in [0.05, 0.1) is 22.0 Å². The van der Waals surface area contributed by atoms with Gasteiger partial charge in [-0.2, -0.15) is 0 Å². The molecule has 134 valence electrons. The number of nitrogens with two attached hydrogens (primary N) is 1. The second-order valence-electron chi connectivity index (χ2n) is 5.41. The van der Waals surface area contributed by atoms with Crippen LogP contribution in [0.2, 0.25) is 0 Å². The first-order valence-corrected chi connectivity index (χ1v) is 9.72. The van der Waals surface area contributed by atoms with Gasteiger partial charge in [-0.15, -0.1) is 11.8 Å². The molecule has 0 unspecified atom stereocenters. The summed E-state index contributed by atoms with van der Waals surface area (Å²) in [6.45, 7) is 0. The van der Waals surface area contributed by atoms with Crippen LogP contribution in [-0.2, 0) is 14.8 Å². The lowest BCUT2D eigenvalue weighted by Crippen LogP contribution is -2.19. The van der Waals surface area contributed by atoms with Crippen LogP contribution in [0.25, 0.3) is 0 Å². The number of carbonyl (C=O) groups is 1. The number of anilines is 2. The second-order valence-corrected chi connectivity index (χ2v) is 8.02. The highest BCUT2D eigenvalue weighted by Crippen LogP contribution is 2.28. The van der Waals surface area contributed by atoms with E-state index >= 15 is 0 Å². The van der Waals surface area contributed by atoms with Gasteiger partial charge >= 0.3 is 0 Å². The van der Waals surface area contributed by atoms with Crippen LogP contribution < -0.4 is 15.4 Å². The number of amides is 1. The van der Waals surface area contributed by atoms with Crippen LogP contribution in [0.15, 0.2) is 52.3 Å². The minimum Gasteiger partial charge on any atom is -0.376 e. The first-order chi connectivity index (χ1) is 11.7. The zero-order valence-electron chi connectivity index (χ0n) is 13.7. The van der Waals surface area contributed by atoms with Gasteiger partial charge in [0.15, 0.2) is 0 Å². The predicted octanol–water partition coefficient (Wildman–Crippen LogP) is 2.27. The van der Waals surface area contributed by atoms with E-state index in [1.54, 1.807) is 37.2 Å². The number of sulfonamides is 1. The van der Waals surface area contributed by atoms with Crippen molar-refractivity contribution in [3.05, 3.63) is 48.3 Å². The number of hydrogen-bond donors (Lipinski definition) is 2. The zero-order chi connectivity index (χ0) is 18.6. The lowest BCUT2D eigenvalue weighted by Gasteiger charge is -2.18. The Morgan fingerprint density at radius 3 is 2.40 bits per heavy atom. The van der Waals surface area contributed by atoms with E-state index < -0.39 is 10.0 Å². The van der Waals surface area contributed by atoms with Gasteiger partial charge in [0.25, 0.3) is 0 Å². The third kappa shape index (κ3) is 5.45. The highest BCUT2D eigenvalue weighted by atomic mass is 32.2. The molecule has 0 aliphatic rings. The number of nitrogens with zero attached hydrogens (tertiary/aromatic N) is 1. The molecular formula is C16H18FN3O3S2. The Hall–Kier alpha value is -2.10. The van der Waals surface area contributed by atoms with Crippen molar-refractivity contribution in [3.63, 3.8) is 0 Å². The lowest BCUT2D eigenvalue weighted by atomic mass is 10.2. The third-order valence-corrected chi connectivity index (χ3v) is 5.16. The molecule has 0 bridgehead atoms. The first-order valence-electron chi connectivity index (χ1n) is 7.19. The summed E-state index contributed by atoms with van der Waals surface area (Å²) in [6, 6.07) is 10.1. The van der Waals surface area contributed by atoms with Crippen molar-refractivity contribution in [2.75, 3.05) is 30.1 Å². The standard InChI is InChI=1S/C16H18FN3O3S2/c1-20(2)15-8-7-13(25(18,22)23)9-14(15)19-16(21)10-24-12-5-3-11(17)4-6-12/h3-9H,10H2,1-2H3,(H,19,21)(H2,18,22,23). The molecule has 0 saturated carbocycles. The van der Waals surface area contributed by atoms with Crippen molar-refractivity contribution >= 4 is 39.1 Å². The maximum Gasteiger partial charge on any atom is 0.238 e. The molecule has 1 amide bonds. The van der Waals surface area contributed by atoms with E-state index in [0.717, 1.165) is 4.90 Å². The summed E-state index contributed by atoms with van der Waals surface area (Å²) in [5, 5.41) is 7.83. The molecule has 25 heavy (non-hydrogen) atoms. The van der Waals surface area contributed by atoms with Gasteiger partial charge in [0, 0.05) is 19.0 Å². The average molecular weight is 383 g/mol. The van der Waals surface area contributed by atoms with Crippen LogP contribution in [0, 0.1) is 5.82 Å². The number of hydrogen-bond acceptors (Lipinski definition) is 5. The Morgan fingerprint density at radius 1 is 1.20 bits per heavy atom. The summed E-state index contributed by atoms with van der Waals surface area (Å²) < 4.78 is 35.9. The summed E-state index contributed by atoms with van der Waals surface area (Å²) in [7, 11) is -0.328. The molecule has 2 aromatic carbocycles. The van der Waals surface area contributed by atoms with Crippen LogP contribution in [-0.4, -0.2) is 34.2 Å². The molecule has 2 aromatic rings. The second kappa shape index (κ2) is 7.85. The van der Waals surface area contributed by atoms with E-state index in [0.29, 0.717) is 11.4 Å². The Labute approximate surface area is 150 Å². The van der Waals surface area contributed by atoms with E-state index in [-0.39, 0.29) is 22.4 Å². The van der Waals surface area contributed by atoms with E-state index in [9.17, 15) is 17.6 Å². The lowest BCUT2D eigenvalue weighted by molar-refractivity contribution is -0.113. The number of benzene rings is 2. The quantitative estimate of drug-likeness (QED) is 0.747. The van der Waals surface area contributed by atoms with E-state index in [2.05, 4.69) is 5.32 Å². The molecule has 0 aliphatic heterocycles. The minimum atomic E-state index is -3.87. The first kappa shape index (κ1) is 19.2. The van der Waals surface area contributed by atoms with Crippen molar-refractivity contribution in [2.24, 2.45) is 5.14 Å². The SMILES string of the molecule is CN(C)c1ccc(S(N)(=O)=O)cc1NC(=O)CSc1ccc(F)cc1. The molecule has 0 fully saturated rings. The molecule has 2 rings (SSSR count). The summed E-state index contributed by atoms with van der Waals surface area (Å²) in [5.41, 5.74) is 0.994. The van der Waals surface area contributed by atoms with Gasteiger partial charge in [0.2, 0.25) is 15.9 Å². The number of carbonyl (C=O) groups excluding carboxylic acids is 1. The van der Waals surface area contributed by atoms with Gasteiger partial charge < -0.3 is 10.2 Å². The van der Waals surface area contributed by atoms with Crippen LogP contribution in [0.3, 0.4) is 0 Å². The molecule has 0 saturated heterocycles. The molecule has 0 spiro atoms. The Bertz CT molecular complexity index is 869. The molecule has 6 nitrogen and oxygen atoms in total. The fourth-order valence-electron chi connectivity index (χ4n) is 2.05. The number of nitrogens with one attached hydrogen (secondary N) is 1. The number of rotatable bonds is 6. The highest BCUT2D eigenvalue weighted by Gasteiger charge is 2.14. The Morgan fingerprint density at radius 2 is 1.84 bits per heavy atom. The van der Waals surface area contributed by atoms with Crippen LogP contribution >= 0.6 is 11.8 Å². The minimum absolute atomic E-state index is 0.0837. The van der Waals surface area contributed by atoms with Crippen molar-refractivity contribution in [3.8, 4) is 0 Å². The fraction of sp³-hybridized carbons (Fsp3) is 0.188. The molecule has 0 aromatic heterocycles. The average Bonchev–Trinajstić information content (AvgIpc) is 2.53. The molecule has 3 N–H and O–H groups in total. The number of thioether (sulfide) groups is 1. The molecule has 9 heteroatoms. The van der Waals surface area contributed by atoms with Crippen molar-refractivity contribution in [1.82, 2.24) is 0 Å². The molecule has 0 atom stereocenters. The Kier molecular flexibility index (Phi) is 6.04. The van der Waals surface area contributed by atoms with E-state index in [4.69, 9.17) is 5.14 Å². The third-order valence-electron chi connectivity index (χ3n) is 3.24. The topological polar surface area (TPSA) is 92.5 Å². The van der Waals surface area contributed by atoms with Gasteiger partial charge in [-0.3, -0.25) is 4.79 Å². The maximum atomic E-state index is 12.9. The molecule has 0 radical (unpaired) electrons. The smallest absolute Gasteiger partial charge is 0.238 e. The highest BCUT2D eigenvalue weighted by molar-refractivity contribution is 8.00. The summed E-state index contributed by atoms with van der Waals surface area (Å²) >= 11 is 1.25. The van der Waals surface area contributed by atoms with Gasteiger partial charge in [-0.1, -0.05) is 0 Å². The monoisotopic (exact) mass is 383 g/mol. The van der Waals surface area contributed by atoms with Gasteiger partial charge in [0.1, 0.15) is 5.82 Å².